The molecule has 41 heavy (non-hydrogen) atoms. The Hall–Kier alpha value is -3.22. The van der Waals surface area contributed by atoms with Gasteiger partial charge in [0.15, 0.2) is 6.23 Å². The van der Waals surface area contributed by atoms with Crippen LogP contribution in [0, 0.1) is 12.8 Å². The summed E-state index contributed by atoms with van der Waals surface area (Å²) in [5, 5.41) is 11.6. The molecule has 1 aliphatic carbocycles. The number of nitrogens with one attached hydrogen (secondary N) is 1. The Kier molecular flexibility index (Phi) is 7.19. The number of halogens is 3. The highest BCUT2D eigenvalue weighted by Gasteiger charge is 2.41. The van der Waals surface area contributed by atoms with Crippen LogP contribution in [0.15, 0.2) is 30.7 Å². The Morgan fingerprint density at radius 1 is 1.22 bits per heavy atom. The number of aromatic nitrogens is 5. The highest BCUT2D eigenvalue weighted by atomic mass is 19.4. The first kappa shape index (κ1) is 27.9. The molecule has 4 aromatic rings. The molecule has 2 aliphatic rings. The molecule has 1 saturated carbocycles. The number of hydrogen-bond donors (Lipinski definition) is 3. The lowest BCUT2D eigenvalue weighted by atomic mass is 9.76. The predicted octanol–water partition coefficient (Wildman–Crippen LogP) is 4.99. The van der Waals surface area contributed by atoms with Gasteiger partial charge in [0.2, 0.25) is 0 Å². The molecule has 1 aromatic carbocycles. The quantitative estimate of drug-likeness (QED) is 0.273. The van der Waals surface area contributed by atoms with Crippen molar-refractivity contribution in [3.8, 4) is 0 Å². The number of ether oxygens (including phenoxy) is 1. The predicted molar refractivity (Wildman–Crippen MR) is 149 cm³/mol. The van der Waals surface area contributed by atoms with E-state index in [-0.39, 0.29) is 11.7 Å². The zero-order valence-electron chi connectivity index (χ0n) is 23.4. The molecule has 1 saturated heterocycles. The summed E-state index contributed by atoms with van der Waals surface area (Å²) in [7, 11) is 0. The van der Waals surface area contributed by atoms with Gasteiger partial charge in [-0.05, 0) is 69.7 Å². The van der Waals surface area contributed by atoms with Gasteiger partial charge in [0.05, 0.1) is 28.1 Å². The van der Waals surface area contributed by atoms with Crippen LogP contribution in [0.25, 0.3) is 22.1 Å². The summed E-state index contributed by atoms with van der Waals surface area (Å²) in [6.45, 7) is 6.56. The molecule has 4 heterocycles. The van der Waals surface area contributed by atoms with E-state index in [4.69, 9.17) is 10.5 Å². The summed E-state index contributed by atoms with van der Waals surface area (Å²) >= 11 is 0. The van der Waals surface area contributed by atoms with Crippen molar-refractivity contribution >= 4 is 27.9 Å². The average molecular weight is 572 g/mol. The third-order valence-corrected chi connectivity index (χ3v) is 8.71. The Morgan fingerprint density at radius 2 is 2.00 bits per heavy atom. The Labute approximate surface area is 235 Å². The van der Waals surface area contributed by atoms with Crippen LogP contribution >= 0.6 is 0 Å². The molecule has 1 aliphatic heterocycles. The summed E-state index contributed by atoms with van der Waals surface area (Å²) in [5.41, 5.74) is 7.18. The normalized spacial score (nSPS) is 25.1. The van der Waals surface area contributed by atoms with E-state index in [9.17, 15) is 18.3 Å². The van der Waals surface area contributed by atoms with Crippen molar-refractivity contribution in [3.05, 3.63) is 47.7 Å². The van der Waals surface area contributed by atoms with Crippen LogP contribution in [0.5, 0.6) is 0 Å². The van der Waals surface area contributed by atoms with Gasteiger partial charge in [-0.25, -0.2) is 15.0 Å². The van der Waals surface area contributed by atoms with Crippen molar-refractivity contribution in [2.75, 3.05) is 12.3 Å². The largest absolute Gasteiger partial charge is 0.416 e. The minimum Gasteiger partial charge on any atom is -0.388 e. The standard InChI is InChI=1S/C29H36F3N7O2/c1-15(2)39(13-19-11-24(40)28(41-19)38-7-6-20-26(33)34-14-35-27(20)38)18-9-17(10-18)4-5-25-36-22-8-16(3)21(29(30,31)32)12-23(22)37-25/h6-8,12,14-15,17-19,24,28,40H,4-5,9-11,13H2,1-3H3,(H,36,37)(H2,33,34,35)/t17?,18?,19-,24+,28+/m0/s1. The van der Waals surface area contributed by atoms with Gasteiger partial charge in [0.25, 0.3) is 0 Å². The van der Waals surface area contributed by atoms with Crippen LogP contribution in [0.4, 0.5) is 19.0 Å². The number of aromatic amines is 1. The first-order chi connectivity index (χ1) is 19.5. The van der Waals surface area contributed by atoms with Crippen LogP contribution in [-0.4, -0.2) is 65.3 Å². The van der Waals surface area contributed by atoms with Gasteiger partial charge in [-0.3, -0.25) is 4.90 Å². The molecule has 0 bridgehead atoms. The number of aryl methyl sites for hydroxylation is 2. The summed E-state index contributed by atoms with van der Waals surface area (Å²) in [5.74, 6) is 1.65. The number of alkyl halides is 3. The average Bonchev–Trinajstić information content (AvgIpc) is 3.57. The molecule has 220 valence electrons. The third-order valence-electron chi connectivity index (χ3n) is 8.71. The second-order valence-corrected chi connectivity index (χ2v) is 11.9. The number of nitrogen functional groups attached to an aromatic ring is 1. The zero-order chi connectivity index (χ0) is 29.1. The molecular weight excluding hydrogens is 535 g/mol. The molecule has 0 radical (unpaired) electrons. The fourth-order valence-corrected chi connectivity index (χ4v) is 6.50. The maximum Gasteiger partial charge on any atom is 0.416 e. The second kappa shape index (κ2) is 10.6. The van der Waals surface area contributed by atoms with E-state index in [1.165, 1.54) is 19.3 Å². The number of imidazole rings is 1. The summed E-state index contributed by atoms with van der Waals surface area (Å²) in [6.07, 6.45) is 1.82. The number of benzene rings is 1. The molecule has 3 aromatic heterocycles. The maximum absolute atomic E-state index is 13.3. The number of aliphatic hydroxyl groups is 1. The van der Waals surface area contributed by atoms with Gasteiger partial charge >= 0.3 is 6.18 Å². The first-order valence-corrected chi connectivity index (χ1v) is 14.2. The highest BCUT2D eigenvalue weighted by molar-refractivity contribution is 5.86. The van der Waals surface area contributed by atoms with E-state index < -0.39 is 24.1 Å². The van der Waals surface area contributed by atoms with Crippen molar-refractivity contribution in [2.24, 2.45) is 5.92 Å². The fraction of sp³-hybridized carbons (Fsp3) is 0.552. The number of aliphatic hydroxyl groups excluding tert-OH is 1. The van der Waals surface area contributed by atoms with Gasteiger partial charge in [0, 0.05) is 37.7 Å². The molecule has 2 fully saturated rings. The SMILES string of the molecule is Cc1cc2[nH]c(CCC3CC(N(C[C@@H]4C[C@@H](O)[C@H](n5ccc6c(N)ncnc65)O4)C(C)C)C3)nc2cc1C(F)(F)F. The fourth-order valence-electron chi connectivity index (χ4n) is 6.50. The number of hydrogen-bond acceptors (Lipinski definition) is 7. The summed E-state index contributed by atoms with van der Waals surface area (Å²) in [4.78, 5) is 18.5. The van der Waals surface area contributed by atoms with Crippen LogP contribution in [0.3, 0.4) is 0 Å². The number of anilines is 1. The topological polar surface area (TPSA) is 118 Å². The Balaban J connectivity index is 1.04. The Bertz CT molecular complexity index is 1540. The monoisotopic (exact) mass is 571 g/mol. The van der Waals surface area contributed by atoms with Crippen LogP contribution < -0.4 is 5.73 Å². The van der Waals surface area contributed by atoms with E-state index in [1.54, 1.807) is 0 Å². The van der Waals surface area contributed by atoms with E-state index in [2.05, 4.69) is 38.7 Å². The van der Waals surface area contributed by atoms with Crippen molar-refractivity contribution in [1.82, 2.24) is 29.4 Å². The number of fused-ring (bicyclic) bond motifs is 2. The number of nitrogens with zero attached hydrogens (tertiary/aromatic N) is 5. The summed E-state index contributed by atoms with van der Waals surface area (Å²) in [6, 6.07) is 5.26. The van der Waals surface area contributed by atoms with Crippen molar-refractivity contribution in [1.29, 1.82) is 0 Å². The lowest BCUT2D eigenvalue weighted by molar-refractivity contribution is -0.137. The molecule has 4 N–H and O–H groups in total. The number of rotatable bonds is 8. The number of H-pyrrole nitrogens is 1. The van der Waals surface area contributed by atoms with Crippen LogP contribution in [0.2, 0.25) is 0 Å². The lowest BCUT2D eigenvalue weighted by Crippen LogP contribution is -2.50. The van der Waals surface area contributed by atoms with Crippen LogP contribution in [0.1, 0.15) is 62.7 Å². The van der Waals surface area contributed by atoms with Crippen molar-refractivity contribution in [2.45, 2.75) is 89.6 Å². The third kappa shape index (κ3) is 5.40. The van der Waals surface area contributed by atoms with Gasteiger partial charge in [-0.1, -0.05) is 0 Å². The second-order valence-electron chi connectivity index (χ2n) is 11.9. The maximum atomic E-state index is 13.3. The van der Waals surface area contributed by atoms with Crippen LogP contribution in [-0.2, 0) is 17.3 Å². The molecular formula is C29H36F3N7O2. The van der Waals surface area contributed by atoms with E-state index in [0.29, 0.717) is 53.3 Å². The minimum atomic E-state index is -4.39. The van der Waals surface area contributed by atoms with E-state index in [0.717, 1.165) is 43.1 Å². The minimum absolute atomic E-state index is 0.117. The molecule has 6 rings (SSSR count). The molecule has 3 atom stereocenters. The molecule has 0 amide bonds. The smallest absolute Gasteiger partial charge is 0.388 e. The molecule has 12 heteroatoms. The Morgan fingerprint density at radius 3 is 2.73 bits per heavy atom. The first-order valence-electron chi connectivity index (χ1n) is 14.2. The zero-order valence-corrected chi connectivity index (χ0v) is 23.4. The van der Waals surface area contributed by atoms with Gasteiger partial charge in [-0.2, -0.15) is 13.2 Å². The molecule has 9 nitrogen and oxygen atoms in total. The van der Waals surface area contributed by atoms with Crippen molar-refractivity contribution < 1.29 is 23.0 Å². The lowest BCUT2D eigenvalue weighted by Gasteiger charge is -2.46. The molecule has 0 unspecified atom stereocenters. The number of nitrogens with two attached hydrogens (primary N) is 1. The van der Waals surface area contributed by atoms with Gasteiger partial charge in [0.1, 0.15) is 29.7 Å². The molecule has 0 spiro atoms. The highest BCUT2D eigenvalue weighted by Crippen LogP contribution is 2.39. The van der Waals surface area contributed by atoms with Crippen molar-refractivity contribution in [3.63, 3.8) is 0 Å². The summed E-state index contributed by atoms with van der Waals surface area (Å²) < 4.78 is 48.0. The van der Waals surface area contributed by atoms with E-state index in [1.807, 2.05) is 16.8 Å². The van der Waals surface area contributed by atoms with E-state index >= 15 is 0 Å². The van der Waals surface area contributed by atoms with Gasteiger partial charge < -0.3 is 25.1 Å². The van der Waals surface area contributed by atoms with Gasteiger partial charge in [-0.15, -0.1) is 0 Å².